The first-order valence-corrected chi connectivity index (χ1v) is 14.9. The fraction of sp³-hybridized carbons (Fsp3) is 0. The van der Waals surface area contributed by atoms with Crippen molar-refractivity contribution < 1.29 is 13.3 Å². The summed E-state index contributed by atoms with van der Waals surface area (Å²) < 4.78 is 19.1. The van der Waals surface area contributed by atoms with Gasteiger partial charge in [-0.25, -0.2) is 9.97 Å². The zero-order valence-corrected chi connectivity index (χ0v) is 23.8. The summed E-state index contributed by atoms with van der Waals surface area (Å²) in [6.07, 6.45) is 0. The van der Waals surface area contributed by atoms with Crippen LogP contribution in [-0.4, -0.2) is 9.97 Å². The molecule has 0 saturated heterocycles. The van der Waals surface area contributed by atoms with Crippen LogP contribution in [0.5, 0.6) is 0 Å². The largest absolute Gasteiger partial charge is 0.456 e. The molecule has 0 amide bonds. The van der Waals surface area contributed by atoms with Crippen LogP contribution in [0, 0.1) is 0 Å². The van der Waals surface area contributed by atoms with Gasteiger partial charge in [-0.05, 0) is 59.7 Å². The number of hydrogen-bond donors (Lipinski definition) is 0. The van der Waals surface area contributed by atoms with E-state index in [4.69, 9.17) is 23.2 Å². The van der Waals surface area contributed by atoms with Gasteiger partial charge in [0.05, 0.1) is 0 Å². The van der Waals surface area contributed by atoms with Crippen molar-refractivity contribution in [2.24, 2.45) is 0 Å². The van der Waals surface area contributed by atoms with Crippen LogP contribution in [-0.2, 0) is 0 Å². The SMILES string of the molecule is c1ccc(-c2cc(-c3nc(-c4ccc5c(c4)oc4ccccc45)c4oc5ccccc5c4n3)cc3oc4ccccc4c23)cc1. The van der Waals surface area contributed by atoms with Crippen molar-refractivity contribution in [3.05, 3.63) is 133 Å². The first kappa shape index (κ1) is 24.3. The van der Waals surface area contributed by atoms with Gasteiger partial charge in [0.25, 0.3) is 0 Å². The molecule has 0 fully saturated rings. The molecule has 0 spiro atoms. The number of rotatable bonds is 3. The van der Waals surface area contributed by atoms with E-state index in [1.807, 2.05) is 72.8 Å². The summed E-state index contributed by atoms with van der Waals surface area (Å²) in [5.74, 6) is 0.591. The molecule has 5 nitrogen and oxygen atoms in total. The molecule has 10 rings (SSSR count). The predicted octanol–water partition coefficient (Wildman–Crippen LogP) is 11.2. The molecule has 0 aliphatic heterocycles. The Bertz CT molecular complexity index is 2770. The molecular formula is C40H22N2O3. The van der Waals surface area contributed by atoms with Crippen LogP contribution in [0.1, 0.15) is 0 Å². The van der Waals surface area contributed by atoms with Crippen LogP contribution in [0.2, 0.25) is 0 Å². The Labute approximate surface area is 256 Å². The van der Waals surface area contributed by atoms with Crippen molar-refractivity contribution in [1.29, 1.82) is 0 Å². The topological polar surface area (TPSA) is 65.2 Å². The summed E-state index contributed by atoms with van der Waals surface area (Å²) in [6, 6.07) is 45.1. The van der Waals surface area contributed by atoms with Crippen molar-refractivity contribution in [3.63, 3.8) is 0 Å². The molecular weight excluding hydrogens is 556 g/mol. The second kappa shape index (κ2) is 9.15. The monoisotopic (exact) mass is 578 g/mol. The van der Waals surface area contributed by atoms with Crippen LogP contribution >= 0.6 is 0 Å². The normalized spacial score (nSPS) is 12.0. The van der Waals surface area contributed by atoms with E-state index in [2.05, 4.69) is 60.7 Å². The van der Waals surface area contributed by atoms with Crippen molar-refractivity contribution in [1.82, 2.24) is 9.97 Å². The van der Waals surface area contributed by atoms with Crippen LogP contribution in [0.15, 0.2) is 147 Å². The molecule has 0 aliphatic rings. The highest BCUT2D eigenvalue weighted by molar-refractivity contribution is 6.14. The molecule has 0 saturated carbocycles. The Hall–Kier alpha value is -6.20. The highest BCUT2D eigenvalue weighted by atomic mass is 16.3. The standard InChI is InChI=1S/C40H22N2O3/c1-2-10-23(11-3-1)30-20-25(22-35-36(30)28-13-5-8-16-32(28)44-35)40-41-37(39-38(42-40)29-14-6-9-17-33(29)45-39)24-18-19-27-26-12-4-7-15-31(26)43-34(27)21-24/h1-22H. The molecule has 6 aromatic carbocycles. The Kier molecular flexibility index (Phi) is 4.93. The number of aromatic nitrogens is 2. The summed E-state index contributed by atoms with van der Waals surface area (Å²) >= 11 is 0. The molecule has 0 unspecified atom stereocenters. The summed E-state index contributed by atoms with van der Waals surface area (Å²) in [5, 5.41) is 5.24. The number of nitrogens with zero attached hydrogens (tertiary/aromatic N) is 2. The second-order valence-corrected chi connectivity index (χ2v) is 11.3. The minimum Gasteiger partial charge on any atom is -0.456 e. The van der Waals surface area contributed by atoms with Crippen LogP contribution in [0.4, 0.5) is 0 Å². The van der Waals surface area contributed by atoms with Crippen molar-refractivity contribution in [2.75, 3.05) is 0 Å². The molecule has 0 atom stereocenters. The zero-order valence-electron chi connectivity index (χ0n) is 23.8. The lowest BCUT2D eigenvalue weighted by atomic mass is 9.96. The van der Waals surface area contributed by atoms with E-state index in [-0.39, 0.29) is 0 Å². The third-order valence-electron chi connectivity index (χ3n) is 8.69. The highest BCUT2D eigenvalue weighted by Crippen LogP contribution is 2.42. The highest BCUT2D eigenvalue weighted by Gasteiger charge is 2.21. The maximum atomic E-state index is 6.43. The van der Waals surface area contributed by atoms with Crippen molar-refractivity contribution in [2.45, 2.75) is 0 Å². The number of furan rings is 3. The van der Waals surface area contributed by atoms with Crippen molar-refractivity contribution >= 4 is 65.9 Å². The molecule has 10 aromatic rings. The molecule has 210 valence electrons. The first-order valence-electron chi connectivity index (χ1n) is 14.9. The number of hydrogen-bond acceptors (Lipinski definition) is 5. The van der Waals surface area contributed by atoms with Gasteiger partial charge in [-0.3, -0.25) is 0 Å². The van der Waals surface area contributed by atoms with Gasteiger partial charge in [0.15, 0.2) is 11.4 Å². The summed E-state index contributed by atoms with van der Waals surface area (Å²) in [6.45, 7) is 0. The third-order valence-corrected chi connectivity index (χ3v) is 8.69. The maximum Gasteiger partial charge on any atom is 0.180 e. The Balaban J connectivity index is 1.27. The van der Waals surface area contributed by atoms with Gasteiger partial charge in [-0.1, -0.05) is 84.9 Å². The fourth-order valence-corrected chi connectivity index (χ4v) is 6.62. The second-order valence-electron chi connectivity index (χ2n) is 11.3. The van der Waals surface area contributed by atoms with Gasteiger partial charge in [0, 0.05) is 38.1 Å². The number of benzene rings is 6. The number of fused-ring (bicyclic) bond motifs is 9. The predicted molar refractivity (Wildman–Crippen MR) is 180 cm³/mol. The third kappa shape index (κ3) is 3.61. The van der Waals surface area contributed by atoms with Crippen molar-refractivity contribution in [3.8, 4) is 33.8 Å². The van der Waals surface area contributed by atoms with E-state index in [1.54, 1.807) is 0 Å². The van der Waals surface area contributed by atoms with E-state index in [0.29, 0.717) is 17.1 Å². The lowest BCUT2D eigenvalue weighted by Gasteiger charge is -2.10. The van der Waals surface area contributed by atoms with Crippen LogP contribution < -0.4 is 0 Å². The lowest BCUT2D eigenvalue weighted by molar-refractivity contribution is 0.666. The van der Waals surface area contributed by atoms with Gasteiger partial charge in [0.1, 0.15) is 39.1 Å². The fourth-order valence-electron chi connectivity index (χ4n) is 6.62. The Morgan fingerprint density at radius 1 is 0.400 bits per heavy atom. The van der Waals surface area contributed by atoms with E-state index < -0.39 is 0 Å². The lowest BCUT2D eigenvalue weighted by Crippen LogP contribution is -1.94. The van der Waals surface area contributed by atoms with E-state index in [1.165, 1.54) is 0 Å². The Morgan fingerprint density at radius 2 is 1.02 bits per heavy atom. The van der Waals surface area contributed by atoms with Gasteiger partial charge in [-0.15, -0.1) is 0 Å². The molecule has 4 aromatic heterocycles. The van der Waals surface area contributed by atoms with Crippen LogP contribution in [0.25, 0.3) is 99.7 Å². The minimum absolute atomic E-state index is 0.591. The minimum atomic E-state index is 0.591. The summed E-state index contributed by atoms with van der Waals surface area (Å²) in [5.41, 5.74) is 10.1. The van der Waals surface area contributed by atoms with Gasteiger partial charge in [0.2, 0.25) is 0 Å². The molecule has 45 heavy (non-hydrogen) atoms. The van der Waals surface area contributed by atoms with E-state index in [0.717, 1.165) is 82.6 Å². The molecule has 0 N–H and O–H groups in total. The summed E-state index contributed by atoms with van der Waals surface area (Å²) in [4.78, 5) is 10.3. The average molecular weight is 579 g/mol. The molecule has 0 aliphatic carbocycles. The summed E-state index contributed by atoms with van der Waals surface area (Å²) in [7, 11) is 0. The molecule has 5 heteroatoms. The van der Waals surface area contributed by atoms with Gasteiger partial charge in [-0.2, -0.15) is 0 Å². The van der Waals surface area contributed by atoms with E-state index >= 15 is 0 Å². The van der Waals surface area contributed by atoms with Crippen LogP contribution in [0.3, 0.4) is 0 Å². The zero-order chi connectivity index (χ0) is 29.5. The van der Waals surface area contributed by atoms with Gasteiger partial charge < -0.3 is 13.3 Å². The Morgan fingerprint density at radius 3 is 1.84 bits per heavy atom. The quantitative estimate of drug-likeness (QED) is 0.209. The maximum absolute atomic E-state index is 6.43. The van der Waals surface area contributed by atoms with E-state index in [9.17, 15) is 0 Å². The average Bonchev–Trinajstić information content (AvgIpc) is 3.78. The van der Waals surface area contributed by atoms with Gasteiger partial charge >= 0.3 is 0 Å². The molecule has 0 bridgehead atoms. The first-order chi connectivity index (χ1) is 22.3. The smallest absolute Gasteiger partial charge is 0.180 e. The number of para-hydroxylation sites is 3. The molecule has 0 radical (unpaired) electrons. The molecule has 4 heterocycles.